The van der Waals surface area contributed by atoms with Crippen molar-refractivity contribution < 1.29 is 42.7 Å². The molecule has 190 valence electrons. The molecule has 0 bridgehead atoms. The number of pyridine rings is 1. The second-order valence-electron chi connectivity index (χ2n) is 8.99. The zero-order chi connectivity index (χ0) is 25.9. The van der Waals surface area contributed by atoms with Crippen LogP contribution in [-0.2, 0) is 26.8 Å². The van der Waals surface area contributed by atoms with E-state index < -0.39 is 37.6 Å². The molecule has 1 saturated heterocycles. The van der Waals surface area contributed by atoms with Crippen LogP contribution in [0.2, 0.25) is 0 Å². The third kappa shape index (κ3) is 3.80. The van der Waals surface area contributed by atoms with Gasteiger partial charge in [-0.25, -0.2) is 14.3 Å². The van der Waals surface area contributed by atoms with E-state index in [0.717, 1.165) is 5.56 Å². The number of phosphoric acid groups is 1. The quantitative estimate of drug-likeness (QED) is 0.352. The van der Waals surface area contributed by atoms with Crippen LogP contribution < -0.4 is 14.8 Å². The summed E-state index contributed by atoms with van der Waals surface area (Å²) in [5, 5.41) is 2.66. The maximum atomic E-state index is 13.8. The molecule has 13 nitrogen and oxygen atoms in total. The molecule has 3 aliphatic heterocycles. The zero-order valence-electron chi connectivity index (χ0n) is 19.3. The van der Waals surface area contributed by atoms with Crippen molar-refractivity contribution in [3.63, 3.8) is 0 Å². The van der Waals surface area contributed by atoms with Gasteiger partial charge in [0.25, 0.3) is 11.8 Å². The van der Waals surface area contributed by atoms with Gasteiger partial charge >= 0.3 is 13.9 Å². The van der Waals surface area contributed by atoms with Gasteiger partial charge in [-0.3, -0.25) is 19.1 Å². The van der Waals surface area contributed by atoms with Gasteiger partial charge in [-0.15, -0.1) is 0 Å². The van der Waals surface area contributed by atoms with Crippen LogP contribution in [0.1, 0.15) is 28.4 Å². The Bertz CT molecular complexity index is 1300. The highest BCUT2D eigenvalue weighted by Crippen LogP contribution is 2.45. The van der Waals surface area contributed by atoms with E-state index >= 15 is 0 Å². The Morgan fingerprint density at radius 1 is 1.22 bits per heavy atom. The monoisotopic (exact) mass is 518 g/mol. The van der Waals surface area contributed by atoms with Crippen molar-refractivity contribution in [3.8, 4) is 11.5 Å². The highest BCUT2D eigenvalue weighted by Gasteiger charge is 2.66. The fraction of sp³-hybridized carbons (Fsp3) is 0.364. The first-order valence-electron chi connectivity index (χ1n) is 10.9. The highest BCUT2D eigenvalue weighted by molar-refractivity contribution is 7.46. The number of benzene rings is 1. The predicted octanol–water partition coefficient (Wildman–Crippen LogP) is 0.797. The summed E-state index contributed by atoms with van der Waals surface area (Å²) in [5.74, 6) is -0.236. The van der Waals surface area contributed by atoms with Gasteiger partial charge in [0.1, 0.15) is 23.8 Å². The van der Waals surface area contributed by atoms with Crippen molar-refractivity contribution in [2.75, 3.05) is 20.4 Å². The number of aromatic nitrogens is 1. The minimum Gasteiger partial charge on any atom is -0.497 e. The molecule has 1 aromatic heterocycles. The smallest absolute Gasteiger partial charge is 0.471 e. The predicted molar refractivity (Wildman–Crippen MR) is 121 cm³/mol. The van der Waals surface area contributed by atoms with E-state index in [2.05, 4.69) is 14.8 Å². The van der Waals surface area contributed by atoms with Crippen LogP contribution in [0.25, 0.3) is 0 Å². The number of urea groups is 1. The fourth-order valence-corrected chi connectivity index (χ4v) is 5.18. The number of hydrogen-bond donors (Lipinski definition) is 3. The summed E-state index contributed by atoms with van der Waals surface area (Å²) in [6.07, 6.45) is 3.30. The van der Waals surface area contributed by atoms with Gasteiger partial charge in [0, 0.05) is 36.5 Å². The van der Waals surface area contributed by atoms with Gasteiger partial charge in [0.05, 0.1) is 13.7 Å². The van der Waals surface area contributed by atoms with Crippen molar-refractivity contribution in [3.05, 3.63) is 53.3 Å². The number of methoxy groups -OCH3 is 1. The van der Waals surface area contributed by atoms with Crippen molar-refractivity contribution in [2.45, 2.75) is 31.0 Å². The summed E-state index contributed by atoms with van der Waals surface area (Å²) in [7, 11) is -3.49. The molecule has 4 heterocycles. The van der Waals surface area contributed by atoms with Crippen molar-refractivity contribution in [1.82, 2.24) is 20.1 Å². The second-order valence-corrected chi connectivity index (χ2v) is 10.2. The molecule has 5 rings (SSSR count). The molecular formula is C22H23N4O9P. The topological polar surface area (TPSA) is 168 Å². The number of phosphoric ester groups is 1. The van der Waals surface area contributed by atoms with Crippen LogP contribution >= 0.6 is 7.82 Å². The van der Waals surface area contributed by atoms with Crippen LogP contribution in [0.5, 0.6) is 11.5 Å². The molecule has 1 aromatic carbocycles. The van der Waals surface area contributed by atoms with Gasteiger partial charge in [-0.2, -0.15) is 0 Å². The molecule has 1 fully saturated rings. The number of carbonyl (C=O) groups is 3. The molecular weight excluding hydrogens is 495 g/mol. The number of amides is 4. The number of nitrogens with one attached hydrogen (secondary N) is 1. The number of imide groups is 1. The summed E-state index contributed by atoms with van der Waals surface area (Å²) in [6, 6.07) is 5.78. The number of fused-ring (bicyclic) bond motifs is 2. The lowest BCUT2D eigenvalue weighted by Crippen LogP contribution is -2.70. The molecule has 2 aromatic rings. The summed E-state index contributed by atoms with van der Waals surface area (Å²) in [5.41, 5.74) is -1.34. The molecule has 1 unspecified atom stereocenters. The van der Waals surface area contributed by atoms with E-state index in [-0.39, 0.29) is 25.4 Å². The van der Waals surface area contributed by atoms with E-state index in [9.17, 15) is 18.9 Å². The second kappa shape index (κ2) is 8.27. The van der Waals surface area contributed by atoms with Crippen LogP contribution in [0.15, 0.2) is 36.7 Å². The van der Waals surface area contributed by atoms with E-state index in [0.29, 0.717) is 27.5 Å². The normalized spacial score (nSPS) is 25.1. The van der Waals surface area contributed by atoms with Gasteiger partial charge in [-0.1, -0.05) is 6.07 Å². The Labute approximate surface area is 205 Å². The minimum atomic E-state index is -4.98. The van der Waals surface area contributed by atoms with Crippen molar-refractivity contribution >= 4 is 25.7 Å². The van der Waals surface area contributed by atoms with Gasteiger partial charge in [-0.05, 0) is 30.7 Å². The average molecular weight is 518 g/mol. The molecule has 3 N–H and O–H groups in total. The Morgan fingerprint density at radius 3 is 2.69 bits per heavy atom. The first-order chi connectivity index (χ1) is 17.0. The third-order valence-corrected chi connectivity index (χ3v) is 7.23. The van der Waals surface area contributed by atoms with Crippen LogP contribution in [0, 0.1) is 0 Å². The Kier molecular flexibility index (Phi) is 5.56. The molecule has 36 heavy (non-hydrogen) atoms. The Balaban J connectivity index is 1.52. The number of carbonyl (C=O) groups excluding carboxylic acids is 3. The van der Waals surface area contributed by atoms with Crippen molar-refractivity contribution in [2.24, 2.45) is 0 Å². The lowest BCUT2D eigenvalue weighted by Gasteiger charge is -2.42. The fourth-order valence-electron chi connectivity index (χ4n) is 4.92. The lowest BCUT2D eigenvalue weighted by molar-refractivity contribution is -0.141. The maximum Gasteiger partial charge on any atom is 0.471 e. The van der Waals surface area contributed by atoms with Crippen molar-refractivity contribution in [1.29, 1.82) is 0 Å². The van der Waals surface area contributed by atoms with E-state index in [4.69, 9.17) is 19.3 Å². The number of hydrogen-bond acceptors (Lipinski definition) is 8. The summed E-state index contributed by atoms with van der Waals surface area (Å²) < 4.78 is 27.1. The first kappa shape index (κ1) is 24.2. The maximum absolute atomic E-state index is 13.8. The standard InChI is InChI=1S/C22H23N4O9P/c1-21(8-14-9-23-6-5-17(14)35-21)22(19(28)26(20(29)24-22)12-34-36(30,31)32)11-25-10-13-3-4-15(33-2)7-16(13)18(25)27/h3-7,9H,8,10-12H2,1-2H3,(H,24,29)(H2,30,31,32)/t21?,22-/m1/s1. The molecule has 14 heteroatoms. The Morgan fingerprint density at radius 2 is 2.00 bits per heavy atom. The molecule has 2 atom stereocenters. The number of rotatable bonds is 7. The number of ether oxygens (including phenoxy) is 2. The molecule has 4 amide bonds. The van der Waals surface area contributed by atoms with Crippen LogP contribution in [0.4, 0.5) is 4.79 Å². The first-order valence-corrected chi connectivity index (χ1v) is 12.4. The summed E-state index contributed by atoms with van der Waals surface area (Å²) in [6.45, 7) is 0.562. The molecule has 0 spiro atoms. The number of nitrogens with zero attached hydrogens (tertiary/aromatic N) is 3. The van der Waals surface area contributed by atoms with E-state index in [1.807, 2.05) is 0 Å². The largest absolute Gasteiger partial charge is 0.497 e. The average Bonchev–Trinajstić information content (AvgIpc) is 3.42. The Hall–Kier alpha value is -3.51. The van der Waals surface area contributed by atoms with E-state index in [1.54, 1.807) is 37.4 Å². The van der Waals surface area contributed by atoms with Crippen LogP contribution in [-0.4, -0.2) is 73.9 Å². The molecule has 0 radical (unpaired) electrons. The highest BCUT2D eigenvalue weighted by atomic mass is 31.2. The molecule has 0 saturated carbocycles. The summed E-state index contributed by atoms with van der Waals surface area (Å²) >= 11 is 0. The molecule has 3 aliphatic rings. The third-order valence-electron chi connectivity index (χ3n) is 6.78. The summed E-state index contributed by atoms with van der Waals surface area (Å²) in [4.78, 5) is 64.3. The van der Waals surface area contributed by atoms with Gasteiger partial charge in [0.2, 0.25) is 0 Å². The lowest BCUT2D eigenvalue weighted by atomic mass is 9.77. The van der Waals surface area contributed by atoms with Crippen LogP contribution in [0.3, 0.4) is 0 Å². The van der Waals surface area contributed by atoms with E-state index in [1.165, 1.54) is 18.2 Å². The SMILES string of the molecule is COc1ccc2c(c1)C(=O)N(C[C@@]1(C3(C)Cc4cnccc4O3)NC(=O)N(COP(=O)(O)O)C1=O)C2. The van der Waals surface area contributed by atoms with Gasteiger partial charge in [0.15, 0.2) is 5.54 Å². The minimum absolute atomic E-state index is 0.173. The van der Waals surface area contributed by atoms with Gasteiger partial charge < -0.3 is 29.5 Å². The zero-order valence-corrected chi connectivity index (χ0v) is 20.2. The molecule has 0 aliphatic carbocycles.